The second-order valence-corrected chi connectivity index (χ2v) is 12.0. The number of carbonyl (C=O) groups excluding carboxylic acids is 4. The molecule has 0 radical (unpaired) electrons. The fraction of sp³-hybridized carbons (Fsp3) is 0.714. The maximum Gasteiger partial charge on any atom is 0.306 e. The van der Waals surface area contributed by atoms with Crippen LogP contribution in [0.15, 0.2) is 23.8 Å². The van der Waals surface area contributed by atoms with Crippen LogP contribution in [0.2, 0.25) is 0 Å². The van der Waals surface area contributed by atoms with Gasteiger partial charge in [-0.1, -0.05) is 46.3 Å². The van der Waals surface area contributed by atoms with Gasteiger partial charge in [0.2, 0.25) is 5.78 Å². The van der Waals surface area contributed by atoms with Crippen LogP contribution in [0.5, 0.6) is 0 Å². The molecule has 0 aromatic rings. The highest BCUT2D eigenvalue weighted by Crippen LogP contribution is 2.72. The average molecular weight is 521 g/mol. The van der Waals surface area contributed by atoms with Gasteiger partial charge in [0.15, 0.2) is 18.0 Å². The quantitative estimate of drug-likeness (QED) is 0.415. The first-order valence-electron chi connectivity index (χ1n) is 13.0. The highest BCUT2D eigenvalue weighted by Gasteiger charge is 2.76. The van der Waals surface area contributed by atoms with Gasteiger partial charge in [0, 0.05) is 29.6 Å². The SMILES string of the molecule is CCC(=O)OCC(=O)[C@@]1(OC(=O)CC)C(C)CC2C3CCC4=CC(=O)C=CC4(C)[C@@]3(Cl)C(O)CC21C. The van der Waals surface area contributed by atoms with Gasteiger partial charge in [-0.25, -0.2) is 0 Å². The number of alkyl halides is 1. The lowest BCUT2D eigenvalue weighted by molar-refractivity contribution is -0.203. The van der Waals surface area contributed by atoms with Crippen molar-refractivity contribution in [1.82, 2.24) is 0 Å². The van der Waals surface area contributed by atoms with Gasteiger partial charge in [0.25, 0.3) is 0 Å². The Morgan fingerprint density at radius 1 is 1.14 bits per heavy atom. The maximum absolute atomic E-state index is 13.9. The Bertz CT molecular complexity index is 1050. The van der Waals surface area contributed by atoms with Crippen molar-refractivity contribution in [2.45, 2.75) is 89.7 Å². The predicted molar refractivity (Wildman–Crippen MR) is 133 cm³/mol. The third kappa shape index (κ3) is 3.48. The molecule has 7 nitrogen and oxygen atoms in total. The van der Waals surface area contributed by atoms with E-state index < -0.39 is 51.7 Å². The third-order valence-corrected chi connectivity index (χ3v) is 10.7. The second kappa shape index (κ2) is 9.09. The summed E-state index contributed by atoms with van der Waals surface area (Å²) in [5.41, 5.74) is -2.27. The molecule has 0 saturated heterocycles. The van der Waals surface area contributed by atoms with Crippen molar-refractivity contribution in [3.63, 3.8) is 0 Å². The first kappa shape index (κ1) is 27.1. The molecular weight excluding hydrogens is 484 g/mol. The molecule has 8 atom stereocenters. The van der Waals surface area contributed by atoms with E-state index in [4.69, 9.17) is 21.1 Å². The number of hydrogen-bond acceptors (Lipinski definition) is 7. The zero-order chi connectivity index (χ0) is 26.7. The van der Waals surface area contributed by atoms with Crippen LogP contribution in [0.1, 0.15) is 73.1 Å². The molecule has 6 unspecified atom stereocenters. The summed E-state index contributed by atoms with van der Waals surface area (Å²) in [6.45, 7) is 8.61. The van der Waals surface area contributed by atoms with E-state index in [1.807, 2.05) is 26.8 Å². The second-order valence-electron chi connectivity index (χ2n) is 11.4. The number of allylic oxidation sites excluding steroid dienone is 4. The van der Waals surface area contributed by atoms with Crippen LogP contribution in [-0.4, -0.2) is 51.8 Å². The Kier molecular flexibility index (Phi) is 6.83. The molecule has 0 aromatic carbocycles. The molecule has 36 heavy (non-hydrogen) atoms. The minimum Gasteiger partial charge on any atom is -0.457 e. The van der Waals surface area contributed by atoms with Crippen LogP contribution >= 0.6 is 11.6 Å². The summed E-state index contributed by atoms with van der Waals surface area (Å²) in [6.07, 6.45) is 6.18. The summed E-state index contributed by atoms with van der Waals surface area (Å²) in [4.78, 5) is 49.5. The Hall–Kier alpha value is -1.99. The fourth-order valence-corrected chi connectivity index (χ4v) is 8.53. The van der Waals surface area contributed by atoms with Crippen LogP contribution in [0.4, 0.5) is 0 Å². The van der Waals surface area contributed by atoms with Gasteiger partial charge in [-0.2, -0.15) is 0 Å². The number of carbonyl (C=O) groups is 4. The lowest BCUT2D eigenvalue weighted by atomic mass is 9.45. The number of aliphatic hydroxyl groups is 1. The number of rotatable bonds is 6. The number of Topliss-reactive ketones (excluding diaryl/α,β-unsaturated/α-hetero) is 1. The first-order chi connectivity index (χ1) is 16.8. The van der Waals surface area contributed by atoms with Gasteiger partial charge in [-0.3, -0.25) is 19.2 Å². The van der Waals surface area contributed by atoms with Crippen LogP contribution in [-0.2, 0) is 28.7 Å². The van der Waals surface area contributed by atoms with Crippen molar-refractivity contribution < 1.29 is 33.8 Å². The molecule has 0 bridgehead atoms. The minimum absolute atomic E-state index is 0.0801. The normalized spacial score (nSPS) is 43.1. The van der Waals surface area contributed by atoms with E-state index >= 15 is 0 Å². The molecule has 8 heteroatoms. The summed E-state index contributed by atoms with van der Waals surface area (Å²) in [7, 11) is 0. The Labute approximate surface area is 217 Å². The molecule has 0 aliphatic heterocycles. The third-order valence-electron chi connectivity index (χ3n) is 9.81. The summed E-state index contributed by atoms with van der Waals surface area (Å²) in [6, 6.07) is 0. The topological polar surface area (TPSA) is 107 Å². The largest absolute Gasteiger partial charge is 0.457 e. The van der Waals surface area contributed by atoms with Gasteiger partial charge in [-0.15, -0.1) is 11.6 Å². The number of fused-ring (bicyclic) bond motifs is 5. The van der Waals surface area contributed by atoms with Crippen molar-refractivity contribution in [1.29, 1.82) is 0 Å². The fourth-order valence-electron chi connectivity index (χ4n) is 8.01. The number of ether oxygens (including phenoxy) is 2. The van der Waals surface area contributed by atoms with Crippen molar-refractivity contribution >= 4 is 35.1 Å². The number of aliphatic hydroxyl groups excluding tert-OH is 1. The van der Waals surface area contributed by atoms with Gasteiger partial charge in [0.1, 0.15) is 0 Å². The van der Waals surface area contributed by atoms with Crippen molar-refractivity contribution in [2.24, 2.45) is 28.6 Å². The van der Waals surface area contributed by atoms with Gasteiger partial charge in [-0.05, 0) is 49.7 Å². The van der Waals surface area contributed by atoms with Crippen molar-refractivity contribution in [3.05, 3.63) is 23.8 Å². The van der Waals surface area contributed by atoms with Gasteiger partial charge in [0.05, 0.1) is 11.0 Å². The molecule has 0 heterocycles. The smallest absolute Gasteiger partial charge is 0.306 e. The average Bonchev–Trinajstić information content (AvgIpc) is 3.05. The molecule has 198 valence electrons. The van der Waals surface area contributed by atoms with Crippen LogP contribution in [0.25, 0.3) is 0 Å². The lowest BCUT2D eigenvalue weighted by Crippen LogP contribution is -2.69. The van der Waals surface area contributed by atoms with Gasteiger partial charge >= 0.3 is 11.9 Å². The summed E-state index contributed by atoms with van der Waals surface area (Å²) in [5.74, 6) is -2.24. The number of esters is 2. The number of ketones is 2. The number of halogens is 1. The maximum atomic E-state index is 13.9. The van der Waals surface area contributed by atoms with Crippen molar-refractivity contribution in [3.8, 4) is 0 Å². The lowest BCUT2D eigenvalue weighted by Gasteiger charge is -2.64. The van der Waals surface area contributed by atoms with Crippen LogP contribution in [0.3, 0.4) is 0 Å². The van der Waals surface area contributed by atoms with E-state index in [1.54, 1.807) is 19.9 Å². The van der Waals surface area contributed by atoms with E-state index in [2.05, 4.69) is 0 Å². The molecular formula is C28H37ClO7. The summed E-state index contributed by atoms with van der Waals surface area (Å²) in [5, 5.41) is 11.8. The summed E-state index contributed by atoms with van der Waals surface area (Å²) < 4.78 is 11.3. The zero-order valence-electron chi connectivity index (χ0n) is 21.8. The Morgan fingerprint density at radius 3 is 2.44 bits per heavy atom. The highest BCUT2D eigenvalue weighted by atomic mass is 35.5. The molecule has 4 aliphatic rings. The molecule has 4 rings (SSSR count). The standard InChI is InChI=1S/C28H37ClO7/c1-6-23(33)35-15-22(32)28(36-24(34)7-2)16(3)12-20-19-9-8-17-13-18(30)10-11-25(17,4)27(19,29)21(31)14-26(20,28)5/h10-11,13,16,19-21,31H,6-9,12,14-15H2,1-5H3/t16?,19?,20?,21?,25?,26?,27-,28-/m0/s1. The van der Waals surface area contributed by atoms with Crippen molar-refractivity contribution in [2.75, 3.05) is 6.61 Å². The van der Waals surface area contributed by atoms with E-state index in [0.29, 0.717) is 19.3 Å². The molecule has 4 aliphatic carbocycles. The Morgan fingerprint density at radius 2 is 1.81 bits per heavy atom. The predicted octanol–water partition coefficient (Wildman–Crippen LogP) is 4.09. The van der Waals surface area contributed by atoms with E-state index in [-0.39, 0.29) is 42.8 Å². The molecule has 0 spiro atoms. The van der Waals surface area contributed by atoms with E-state index in [1.165, 1.54) is 6.08 Å². The number of hydrogen-bond donors (Lipinski definition) is 1. The minimum atomic E-state index is -1.55. The van der Waals surface area contributed by atoms with E-state index in [9.17, 15) is 24.3 Å². The molecule has 1 N–H and O–H groups in total. The zero-order valence-corrected chi connectivity index (χ0v) is 22.5. The highest BCUT2D eigenvalue weighted by molar-refractivity contribution is 6.26. The van der Waals surface area contributed by atoms with Crippen LogP contribution in [0, 0.1) is 28.6 Å². The molecule has 0 amide bonds. The van der Waals surface area contributed by atoms with Gasteiger partial charge < -0.3 is 14.6 Å². The first-order valence-corrected chi connectivity index (χ1v) is 13.4. The monoisotopic (exact) mass is 520 g/mol. The van der Waals surface area contributed by atoms with Crippen LogP contribution < -0.4 is 0 Å². The Balaban J connectivity index is 1.80. The molecule has 3 saturated carbocycles. The molecule has 0 aromatic heterocycles. The molecule has 3 fully saturated rings. The summed E-state index contributed by atoms with van der Waals surface area (Å²) >= 11 is 7.48. The van der Waals surface area contributed by atoms with E-state index in [0.717, 1.165) is 5.57 Å².